The van der Waals surface area contributed by atoms with Gasteiger partial charge in [-0.05, 0) is 20.8 Å². The van der Waals surface area contributed by atoms with E-state index in [9.17, 15) is 0 Å². The average Bonchev–Trinajstić information content (AvgIpc) is 2.60. The molecule has 5 nitrogen and oxygen atoms in total. The van der Waals surface area contributed by atoms with Gasteiger partial charge >= 0.3 is 0 Å². The maximum atomic E-state index is 6.16. The van der Waals surface area contributed by atoms with Crippen LogP contribution >= 0.6 is 11.6 Å². The van der Waals surface area contributed by atoms with Crippen LogP contribution in [-0.2, 0) is 7.05 Å². The van der Waals surface area contributed by atoms with E-state index in [1.54, 1.807) is 4.68 Å². The summed E-state index contributed by atoms with van der Waals surface area (Å²) in [6.07, 6.45) is 0. The summed E-state index contributed by atoms with van der Waals surface area (Å²) in [5.74, 6) is 2.08. The molecule has 108 valence electrons. The fraction of sp³-hybridized carbons (Fsp3) is 0.500. The van der Waals surface area contributed by atoms with E-state index in [1.807, 2.05) is 41.7 Å². The summed E-state index contributed by atoms with van der Waals surface area (Å²) in [5, 5.41) is 4.76. The molecule has 2 heterocycles. The van der Waals surface area contributed by atoms with Crippen LogP contribution < -0.4 is 4.74 Å². The van der Waals surface area contributed by atoms with Crippen LogP contribution in [0.2, 0.25) is 5.15 Å². The summed E-state index contributed by atoms with van der Waals surface area (Å²) in [6, 6.07) is 0. The molecule has 0 radical (unpaired) electrons. The average molecular weight is 295 g/mol. The molecular formula is C14H19ClN4O. The maximum Gasteiger partial charge on any atom is 0.227 e. The summed E-state index contributed by atoms with van der Waals surface area (Å²) >= 11 is 6.16. The Balaban J connectivity index is 2.48. The van der Waals surface area contributed by atoms with E-state index in [-0.39, 0.29) is 5.92 Å². The van der Waals surface area contributed by atoms with Crippen molar-refractivity contribution < 1.29 is 4.74 Å². The van der Waals surface area contributed by atoms with Crippen molar-refractivity contribution in [1.29, 1.82) is 0 Å². The van der Waals surface area contributed by atoms with Gasteiger partial charge in [0.1, 0.15) is 16.7 Å². The normalized spacial score (nSPS) is 11.2. The molecular weight excluding hydrogens is 276 g/mol. The Morgan fingerprint density at radius 1 is 1.15 bits per heavy atom. The number of aromatic nitrogens is 4. The minimum atomic E-state index is 0.187. The van der Waals surface area contributed by atoms with Crippen LogP contribution in [-0.4, -0.2) is 19.7 Å². The van der Waals surface area contributed by atoms with Gasteiger partial charge in [-0.25, -0.2) is 4.98 Å². The Morgan fingerprint density at radius 2 is 1.80 bits per heavy atom. The minimum absolute atomic E-state index is 0.187. The third-order valence-corrected chi connectivity index (χ3v) is 3.58. The zero-order valence-corrected chi connectivity index (χ0v) is 13.4. The van der Waals surface area contributed by atoms with Crippen LogP contribution in [0.15, 0.2) is 0 Å². The summed E-state index contributed by atoms with van der Waals surface area (Å²) < 4.78 is 7.73. The number of rotatable bonds is 3. The lowest BCUT2D eigenvalue weighted by molar-refractivity contribution is 0.445. The molecule has 6 heteroatoms. The highest BCUT2D eigenvalue weighted by Crippen LogP contribution is 2.31. The molecule has 2 aromatic heterocycles. The van der Waals surface area contributed by atoms with Crippen molar-refractivity contribution in [2.75, 3.05) is 0 Å². The van der Waals surface area contributed by atoms with Crippen molar-refractivity contribution in [2.45, 2.75) is 40.5 Å². The van der Waals surface area contributed by atoms with Crippen LogP contribution in [0.4, 0.5) is 0 Å². The maximum absolute atomic E-state index is 6.16. The van der Waals surface area contributed by atoms with Gasteiger partial charge in [0.15, 0.2) is 5.75 Å². The molecule has 0 saturated carbocycles. The highest BCUT2D eigenvalue weighted by molar-refractivity contribution is 6.30. The molecule has 0 spiro atoms. The molecule has 0 fully saturated rings. The summed E-state index contributed by atoms with van der Waals surface area (Å²) in [5.41, 5.74) is 2.51. The van der Waals surface area contributed by atoms with Crippen molar-refractivity contribution in [3.05, 3.63) is 27.9 Å². The van der Waals surface area contributed by atoms with Crippen LogP contribution in [0.5, 0.6) is 11.6 Å². The van der Waals surface area contributed by atoms with Crippen LogP contribution in [0.25, 0.3) is 0 Å². The van der Waals surface area contributed by atoms with Gasteiger partial charge in [0.05, 0.1) is 5.69 Å². The van der Waals surface area contributed by atoms with Crippen LogP contribution in [0.3, 0.4) is 0 Å². The molecule has 0 aliphatic carbocycles. The predicted octanol–water partition coefficient (Wildman–Crippen LogP) is 3.70. The van der Waals surface area contributed by atoms with E-state index >= 15 is 0 Å². The van der Waals surface area contributed by atoms with E-state index < -0.39 is 0 Å². The van der Waals surface area contributed by atoms with Crippen molar-refractivity contribution in [2.24, 2.45) is 7.05 Å². The second-order valence-electron chi connectivity index (χ2n) is 5.18. The molecule has 0 amide bonds. The lowest BCUT2D eigenvalue weighted by Gasteiger charge is -2.12. The standard InChI is InChI=1S/C14H19ClN4O/c1-7(2)13-16-12(15)8(3)14(17-13)20-11-9(4)18-19(6)10(11)5/h7H,1-6H3. The molecule has 0 unspecified atom stereocenters. The number of aryl methyl sites for hydroxylation is 2. The second-order valence-corrected chi connectivity index (χ2v) is 5.54. The zero-order valence-electron chi connectivity index (χ0n) is 12.7. The monoisotopic (exact) mass is 294 g/mol. The van der Waals surface area contributed by atoms with E-state index in [0.717, 1.165) is 22.7 Å². The SMILES string of the molecule is Cc1nn(C)c(C)c1Oc1nc(C(C)C)nc(Cl)c1C. The topological polar surface area (TPSA) is 52.8 Å². The fourth-order valence-electron chi connectivity index (χ4n) is 1.84. The molecule has 0 bridgehead atoms. The van der Waals surface area contributed by atoms with Crippen molar-refractivity contribution in [1.82, 2.24) is 19.7 Å². The van der Waals surface area contributed by atoms with E-state index in [0.29, 0.717) is 16.9 Å². The van der Waals surface area contributed by atoms with E-state index in [2.05, 4.69) is 15.1 Å². The predicted molar refractivity (Wildman–Crippen MR) is 78.6 cm³/mol. The highest BCUT2D eigenvalue weighted by Gasteiger charge is 2.17. The Kier molecular flexibility index (Phi) is 3.99. The largest absolute Gasteiger partial charge is 0.435 e. The zero-order chi connectivity index (χ0) is 15.0. The first kappa shape index (κ1) is 14.8. The summed E-state index contributed by atoms with van der Waals surface area (Å²) in [7, 11) is 1.88. The summed E-state index contributed by atoms with van der Waals surface area (Å²) in [6.45, 7) is 9.75. The number of hydrogen-bond donors (Lipinski definition) is 0. The molecule has 2 aromatic rings. The third-order valence-electron chi connectivity index (χ3n) is 3.22. The van der Waals surface area contributed by atoms with Gasteiger partial charge in [-0.2, -0.15) is 10.1 Å². The molecule has 0 aliphatic heterocycles. The fourth-order valence-corrected chi connectivity index (χ4v) is 2.01. The summed E-state index contributed by atoms with van der Waals surface area (Å²) in [4.78, 5) is 8.74. The van der Waals surface area contributed by atoms with Gasteiger partial charge in [-0.3, -0.25) is 4.68 Å². The molecule has 0 N–H and O–H groups in total. The molecule has 0 aromatic carbocycles. The van der Waals surface area contributed by atoms with Crippen molar-refractivity contribution >= 4 is 11.6 Å². The van der Waals surface area contributed by atoms with Gasteiger partial charge in [0.2, 0.25) is 5.88 Å². The number of halogens is 1. The molecule has 0 aliphatic rings. The van der Waals surface area contributed by atoms with Crippen molar-refractivity contribution in [3.63, 3.8) is 0 Å². The van der Waals surface area contributed by atoms with Crippen LogP contribution in [0.1, 0.15) is 42.5 Å². The van der Waals surface area contributed by atoms with Gasteiger partial charge in [0, 0.05) is 18.5 Å². The van der Waals surface area contributed by atoms with Crippen molar-refractivity contribution in [3.8, 4) is 11.6 Å². The Hall–Kier alpha value is -1.62. The first-order valence-corrected chi connectivity index (χ1v) is 6.91. The van der Waals surface area contributed by atoms with Gasteiger partial charge in [0.25, 0.3) is 0 Å². The minimum Gasteiger partial charge on any atom is -0.435 e. The first-order valence-electron chi connectivity index (χ1n) is 6.53. The van der Waals surface area contributed by atoms with Gasteiger partial charge < -0.3 is 4.74 Å². The lowest BCUT2D eigenvalue weighted by atomic mass is 10.2. The Bertz CT molecular complexity index is 649. The Labute approximate surface area is 124 Å². The smallest absolute Gasteiger partial charge is 0.227 e. The number of hydrogen-bond acceptors (Lipinski definition) is 4. The van der Waals surface area contributed by atoms with Crippen LogP contribution in [0, 0.1) is 20.8 Å². The third kappa shape index (κ3) is 2.63. The molecule has 2 rings (SSSR count). The molecule has 0 atom stereocenters. The van der Waals surface area contributed by atoms with E-state index in [4.69, 9.17) is 16.3 Å². The number of nitrogens with zero attached hydrogens (tertiary/aromatic N) is 4. The first-order chi connectivity index (χ1) is 9.31. The quantitative estimate of drug-likeness (QED) is 0.810. The molecule has 0 saturated heterocycles. The highest BCUT2D eigenvalue weighted by atomic mass is 35.5. The van der Waals surface area contributed by atoms with E-state index in [1.165, 1.54) is 0 Å². The Morgan fingerprint density at radius 3 is 2.30 bits per heavy atom. The molecule has 20 heavy (non-hydrogen) atoms. The second kappa shape index (κ2) is 5.40. The van der Waals surface area contributed by atoms with Gasteiger partial charge in [-0.1, -0.05) is 25.4 Å². The number of ether oxygens (including phenoxy) is 1. The lowest BCUT2D eigenvalue weighted by Crippen LogP contribution is -2.03. The van der Waals surface area contributed by atoms with Gasteiger partial charge in [-0.15, -0.1) is 0 Å².